The van der Waals surface area contributed by atoms with Crippen molar-refractivity contribution in [1.82, 2.24) is 0 Å². The molecule has 1 aliphatic carbocycles. The summed E-state index contributed by atoms with van der Waals surface area (Å²) < 4.78 is 0. The molecular weight excluding hydrogens is 180 g/mol. The second kappa shape index (κ2) is 5.53. The summed E-state index contributed by atoms with van der Waals surface area (Å²) in [7, 11) is 0. The highest BCUT2D eigenvalue weighted by atomic mass is 14.3. The van der Waals surface area contributed by atoms with Crippen molar-refractivity contribution in [1.29, 1.82) is 0 Å². The third kappa shape index (κ3) is 3.85. The van der Waals surface area contributed by atoms with Crippen LogP contribution in [-0.4, -0.2) is 0 Å². The van der Waals surface area contributed by atoms with Crippen molar-refractivity contribution in [2.45, 2.75) is 52.9 Å². The molecule has 86 valence electrons. The minimum absolute atomic E-state index is 0.426. The molecule has 0 saturated heterocycles. The Kier molecular flexibility index (Phi) is 4.63. The van der Waals surface area contributed by atoms with E-state index in [2.05, 4.69) is 45.6 Å². The van der Waals surface area contributed by atoms with Crippen molar-refractivity contribution >= 4 is 0 Å². The maximum Gasteiger partial charge on any atom is -0.0146 e. The van der Waals surface area contributed by atoms with Crippen molar-refractivity contribution in [2.24, 2.45) is 17.3 Å². The van der Waals surface area contributed by atoms with Crippen LogP contribution in [-0.2, 0) is 0 Å². The van der Waals surface area contributed by atoms with E-state index in [0.717, 1.165) is 5.92 Å². The number of allylic oxidation sites excluding steroid dienone is 3. The molecule has 0 heterocycles. The van der Waals surface area contributed by atoms with Gasteiger partial charge in [0.2, 0.25) is 0 Å². The van der Waals surface area contributed by atoms with Crippen LogP contribution in [0, 0.1) is 17.3 Å². The third-order valence-corrected chi connectivity index (χ3v) is 3.90. The summed E-state index contributed by atoms with van der Waals surface area (Å²) in [5.41, 5.74) is 0.426. The van der Waals surface area contributed by atoms with Crippen LogP contribution in [0.5, 0.6) is 0 Å². The van der Waals surface area contributed by atoms with Gasteiger partial charge in [-0.2, -0.15) is 0 Å². The molecule has 0 radical (unpaired) electrons. The molecule has 0 N–H and O–H groups in total. The second-order valence-corrected chi connectivity index (χ2v) is 5.64. The molecule has 0 aromatic heterocycles. The molecule has 1 rings (SSSR count). The maximum atomic E-state index is 3.84. The van der Waals surface area contributed by atoms with Crippen LogP contribution < -0.4 is 0 Å². The highest BCUT2D eigenvalue weighted by Gasteiger charge is 2.27. The quantitative estimate of drug-likeness (QED) is 0.557. The molecule has 0 spiro atoms. The lowest BCUT2D eigenvalue weighted by molar-refractivity contribution is 0.230. The lowest BCUT2D eigenvalue weighted by Crippen LogP contribution is -2.24. The van der Waals surface area contributed by atoms with E-state index < -0.39 is 0 Å². The van der Waals surface area contributed by atoms with E-state index in [-0.39, 0.29) is 0 Å². The van der Waals surface area contributed by atoms with Gasteiger partial charge in [-0.25, -0.2) is 0 Å². The highest BCUT2D eigenvalue weighted by molar-refractivity contribution is 5.02. The molecule has 0 saturated carbocycles. The fraction of sp³-hybridized carbons (Fsp3) is 0.733. The molecule has 0 heteroatoms. The first-order chi connectivity index (χ1) is 7.06. The molecule has 2 unspecified atom stereocenters. The SMILES string of the molecule is C=CC(C)CCCC1CCC=CC1(C)C. The van der Waals surface area contributed by atoms with E-state index in [1.807, 2.05) is 0 Å². The zero-order valence-corrected chi connectivity index (χ0v) is 10.6. The first kappa shape index (κ1) is 12.5. The summed E-state index contributed by atoms with van der Waals surface area (Å²) >= 11 is 0. The lowest BCUT2D eigenvalue weighted by Gasteiger charge is -2.35. The van der Waals surface area contributed by atoms with Crippen molar-refractivity contribution in [3.05, 3.63) is 24.8 Å². The van der Waals surface area contributed by atoms with Crippen molar-refractivity contribution < 1.29 is 0 Å². The molecule has 0 aromatic carbocycles. The minimum atomic E-state index is 0.426. The normalized spacial score (nSPS) is 26.2. The molecule has 2 atom stereocenters. The van der Waals surface area contributed by atoms with Crippen LogP contribution >= 0.6 is 0 Å². The summed E-state index contributed by atoms with van der Waals surface area (Å²) in [4.78, 5) is 0. The largest absolute Gasteiger partial charge is 0.103 e. The number of hydrogen-bond donors (Lipinski definition) is 0. The van der Waals surface area contributed by atoms with E-state index >= 15 is 0 Å². The smallest absolute Gasteiger partial charge is 0.0146 e. The van der Waals surface area contributed by atoms with Gasteiger partial charge < -0.3 is 0 Å². The molecule has 0 nitrogen and oxygen atoms in total. The topological polar surface area (TPSA) is 0 Å². The van der Waals surface area contributed by atoms with Gasteiger partial charge in [-0.3, -0.25) is 0 Å². The molecule has 0 fully saturated rings. The van der Waals surface area contributed by atoms with Gasteiger partial charge in [-0.1, -0.05) is 45.4 Å². The fourth-order valence-corrected chi connectivity index (χ4v) is 2.51. The monoisotopic (exact) mass is 206 g/mol. The third-order valence-electron chi connectivity index (χ3n) is 3.90. The zero-order valence-electron chi connectivity index (χ0n) is 10.6. The Morgan fingerprint density at radius 3 is 2.87 bits per heavy atom. The summed E-state index contributed by atoms with van der Waals surface area (Å²) in [6.07, 6.45) is 13.5. The van der Waals surface area contributed by atoms with Gasteiger partial charge in [0.25, 0.3) is 0 Å². The van der Waals surface area contributed by atoms with E-state index in [9.17, 15) is 0 Å². The molecule has 0 amide bonds. The van der Waals surface area contributed by atoms with Gasteiger partial charge in [0.15, 0.2) is 0 Å². The standard InChI is InChI=1S/C15H26/c1-5-13(2)9-8-11-14-10-6-7-12-15(14,3)4/h5,7,12-14H,1,6,8-11H2,2-4H3. The first-order valence-electron chi connectivity index (χ1n) is 6.36. The van der Waals surface area contributed by atoms with Crippen LogP contribution in [0.3, 0.4) is 0 Å². The number of rotatable bonds is 5. The Morgan fingerprint density at radius 2 is 2.27 bits per heavy atom. The number of hydrogen-bond acceptors (Lipinski definition) is 0. The van der Waals surface area contributed by atoms with E-state index in [1.54, 1.807) is 0 Å². The van der Waals surface area contributed by atoms with Crippen molar-refractivity contribution in [3.63, 3.8) is 0 Å². The van der Waals surface area contributed by atoms with E-state index in [0.29, 0.717) is 11.3 Å². The Hall–Kier alpha value is -0.520. The summed E-state index contributed by atoms with van der Waals surface area (Å²) in [5, 5.41) is 0. The molecule has 15 heavy (non-hydrogen) atoms. The maximum absolute atomic E-state index is 3.84. The first-order valence-corrected chi connectivity index (χ1v) is 6.36. The predicted octanol–water partition coefficient (Wildman–Crippen LogP) is 4.97. The van der Waals surface area contributed by atoms with Crippen LogP contribution in [0.2, 0.25) is 0 Å². The average molecular weight is 206 g/mol. The minimum Gasteiger partial charge on any atom is -0.103 e. The second-order valence-electron chi connectivity index (χ2n) is 5.64. The van der Waals surface area contributed by atoms with Gasteiger partial charge >= 0.3 is 0 Å². The molecule has 0 aliphatic heterocycles. The summed E-state index contributed by atoms with van der Waals surface area (Å²) in [6.45, 7) is 10.9. The van der Waals surface area contributed by atoms with Crippen LogP contribution in [0.4, 0.5) is 0 Å². The Bertz CT molecular complexity index is 222. The molecule has 0 bridgehead atoms. The Labute approximate surface area is 95.5 Å². The van der Waals surface area contributed by atoms with Crippen molar-refractivity contribution in [3.8, 4) is 0 Å². The molecular formula is C15H26. The summed E-state index contributed by atoms with van der Waals surface area (Å²) in [6, 6.07) is 0. The van der Waals surface area contributed by atoms with Crippen LogP contribution in [0.15, 0.2) is 24.8 Å². The average Bonchev–Trinajstić information content (AvgIpc) is 2.20. The fourth-order valence-electron chi connectivity index (χ4n) is 2.51. The van der Waals surface area contributed by atoms with Crippen LogP contribution in [0.25, 0.3) is 0 Å². The van der Waals surface area contributed by atoms with Gasteiger partial charge in [-0.05, 0) is 42.9 Å². The molecule has 0 aromatic rings. The van der Waals surface area contributed by atoms with Gasteiger partial charge in [-0.15, -0.1) is 6.58 Å². The van der Waals surface area contributed by atoms with Gasteiger partial charge in [0, 0.05) is 0 Å². The Morgan fingerprint density at radius 1 is 1.53 bits per heavy atom. The van der Waals surface area contributed by atoms with Crippen molar-refractivity contribution in [2.75, 3.05) is 0 Å². The predicted molar refractivity (Wildman–Crippen MR) is 68.9 cm³/mol. The van der Waals surface area contributed by atoms with Gasteiger partial charge in [0.05, 0.1) is 0 Å². The highest BCUT2D eigenvalue weighted by Crippen LogP contribution is 2.39. The van der Waals surface area contributed by atoms with E-state index in [1.165, 1.54) is 32.1 Å². The summed E-state index contributed by atoms with van der Waals surface area (Å²) in [5.74, 6) is 1.58. The van der Waals surface area contributed by atoms with E-state index in [4.69, 9.17) is 0 Å². The Balaban J connectivity index is 2.32. The molecule has 1 aliphatic rings. The van der Waals surface area contributed by atoms with Gasteiger partial charge in [0.1, 0.15) is 0 Å². The van der Waals surface area contributed by atoms with Crippen LogP contribution in [0.1, 0.15) is 52.9 Å². The lowest BCUT2D eigenvalue weighted by atomic mass is 9.71. The zero-order chi connectivity index (χ0) is 11.3.